The lowest BCUT2D eigenvalue weighted by atomic mass is 10.1. The highest BCUT2D eigenvalue weighted by Crippen LogP contribution is 2.32. The van der Waals surface area contributed by atoms with Gasteiger partial charge in [0, 0.05) is 36.8 Å². The predicted octanol–water partition coefficient (Wildman–Crippen LogP) is 1.34. The molecule has 2 aromatic rings. The van der Waals surface area contributed by atoms with Gasteiger partial charge in [-0.1, -0.05) is 0 Å². The van der Waals surface area contributed by atoms with Gasteiger partial charge in [0.05, 0.1) is 5.69 Å². The monoisotopic (exact) mass is 243 g/mol. The molecule has 6 heteroatoms. The van der Waals surface area contributed by atoms with Gasteiger partial charge in [-0.3, -0.25) is 9.98 Å². The number of pyridine rings is 1. The van der Waals surface area contributed by atoms with Gasteiger partial charge in [0.15, 0.2) is 5.76 Å². The maximum absolute atomic E-state index is 11.2. The van der Waals surface area contributed by atoms with E-state index in [2.05, 4.69) is 9.98 Å². The van der Waals surface area contributed by atoms with Gasteiger partial charge in [-0.05, 0) is 12.1 Å². The summed E-state index contributed by atoms with van der Waals surface area (Å²) >= 11 is 0. The Balaban J connectivity index is 2.12. The van der Waals surface area contributed by atoms with Crippen molar-refractivity contribution in [2.75, 3.05) is 0 Å². The van der Waals surface area contributed by atoms with Crippen LogP contribution in [0.15, 0.2) is 32.7 Å². The molecule has 0 aliphatic carbocycles. The number of hydrogen-bond donors (Lipinski definition) is 1. The van der Waals surface area contributed by atoms with Crippen LogP contribution in [0.25, 0.3) is 11.6 Å². The van der Waals surface area contributed by atoms with Crippen molar-refractivity contribution >= 4 is 23.6 Å². The van der Waals surface area contributed by atoms with Crippen molar-refractivity contribution in [2.24, 2.45) is 12.0 Å². The molecule has 0 aromatic carbocycles. The van der Waals surface area contributed by atoms with Gasteiger partial charge in [-0.25, -0.2) is 9.36 Å². The first kappa shape index (κ1) is 10.5. The molecular weight excluding hydrogens is 234 g/mol. The molecule has 1 aliphatic heterocycles. The minimum absolute atomic E-state index is 0.112. The lowest BCUT2D eigenvalue weighted by Gasteiger charge is -1.97. The third-order valence-electron chi connectivity index (χ3n) is 2.75. The van der Waals surface area contributed by atoms with Crippen LogP contribution in [0.5, 0.6) is 5.88 Å². The van der Waals surface area contributed by atoms with Gasteiger partial charge < -0.3 is 9.52 Å². The number of allylic oxidation sites excluding steroid dienone is 1. The van der Waals surface area contributed by atoms with E-state index in [1.165, 1.54) is 7.05 Å². The number of aromatic nitrogens is 2. The summed E-state index contributed by atoms with van der Waals surface area (Å²) in [6.07, 6.45) is 6.53. The van der Waals surface area contributed by atoms with Crippen LogP contribution in [0.4, 0.5) is 5.69 Å². The van der Waals surface area contributed by atoms with Crippen LogP contribution in [0.2, 0.25) is 0 Å². The predicted molar refractivity (Wildman–Crippen MR) is 65.9 cm³/mol. The van der Waals surface area contributed by atoms with E-state index in [0.29, 0.717) is 0 Å². The SMILES string of the molecule is Cn1c(O)c(C=C2C=Nc3ccncc32)oc1=O. The van der Waals surface area contributed by atoms with Crippen molar-refractivity contribution in [3.8, 4) is 5.88 Å². The summed E-state index contributed by atoms with van der Waals surface area (Å²) in [5.74, 6) is -0.709. The molecule has 0 fully saturated rings. The highest BCUT2D eigenvalue weighted by Gasteiger charge is 2.16. The third kappa shape index (κ3) is 1.46. The van der Waals surface area contributed by atoms with Crippen LogP contribution in [0.3, 0.4) is 0 Å². The molecule has 0 saturated heterocycles. The first-order valence-corrected chi connectivity index (χ1v) is 5.26. The molecule has 3 rings (SSSR count). The summed E-state index contributed by atoms with van der Waals surface area (Å²) in [6, 6.07) is 1.79. The Labute approximate surface area is 102 Å². The fraction of sp³-hybridized carbons (Fsp3) is 0.0833. The van der Waals surface area contributed by atoms with Crippen molar-refractivity contribution in [3.63, 3.8) is 0 Å². The van der Waals surface area contributed by atoms with Gasteiger partial charge in [0.2, 0.25) is 5.88 Å². The van der Waals surface area contributed by atoms with E-state index in [9.17, 15) is 9.90 Å². The Morgan fingerprint density at radius 3 is 3.06 bits per heavy atom. The Morgan fingerprint density at radius 1 is 1.50 bits per heavy atom. The fourth-order valence-electron chi connectivity index (χ4n) is 1.74. The summed E-state index contributed by atoms with van der Waals surface area (Å²) in [6.45, 7) is 0. The molecule has 2 aromatic heterocycles. The summed E-state index contributed by atoms with van der Waals surface area (Å²) in [5, 5.41) is 9.69. The zero-order valence-electron chi connectivity index (χ0n) is 9.49. The topological polar surface area (TPSA) is 80.6 Å². The number of fused-ring (bicyclic) bond motifs is 1. The quantitative estimate of drug-likeness (QED) is 0.819. The van der Waals surface area contributed by atoms with Crippen molar-refractivity contribution in [1.29, 1.82) is 0 Å². The second kappa shape index (κ2) is 3.69. The Bertz CT molecular complexity index is 737. The van der Waals surface area contributed by atoms with Crippen LogP contribution in [-0.4, -0.2) is 20.9 Å². The van der Waals surface area contributed by atoms with Crippen molar-refractivity contribution in [1.82, 2.24) is 9.55 Å². The maximum atomic E-state index is 11.2. The largest absolute Gasteiger partial charge is 0.492 e. The molecule has 0 bridgehead atoms. The molecule has 90 valence electrons. The Hall–Kier alpha value is -2.63. The van der Waals surface area contributed by atoms with Crippen LogP contribution >= 0.6 is 0 Å². The number of nitrogens with zero attached hydrogens (tertiary/aromatic N) is 3. The van der Waals surface area contributed by atoms with E-state index < -0.39 is 5.76 Å². The van der Waals surface area contributed by atoms with Crippen molar-refractivity contribution in [3.05, 3.63) is 40.3 Å². The van der Waals surface area contributed by atoms with Crippen LogP contribution in [0.1, 0.15) is 11.3 Å². The molecule has 0 saturated carbocycles. The number of oxazole rings is 1. The van der Waals surface area contributed by atoms with E-state index in [0.717, 1.165) is 21.4 Å². The van der Waals surface area contributed by atoms with E-state index in [1.807, 2.05) is 0 Å². The molecule has 6 nitrogen and oxygen atoms in total. The molecule has 0 radical (unpaired) electrons. The first-order chi connectivity index (χ1) is 8.66. The average molecular weight is 243 g/mol. The van der Waals surface area contributed by atoms with Crippen LogP contribution < -0.4 is 5.76 Å². The number of aromatic hydroxyl groups is 1. The number of aliphatic imine (C=N–C) groups is 1. The lowest BCUT2D eigenvalue weighted by Crippen LogP contribution is -2.07. The van der Waals surface area contributed by atoms with Crippen molar-refractivity contribution in [2.45, 2.75) is 0 Å². The van der Waals surface area contributed by atoms with Gasteiger partial charge in [0.25, 0.3) is 0 Å². The highest BCUT2D eigenvalue weighted by molar-refractivity contribution is 6.21. The van der Waals surface area contributed by atoms with Gasteiger partial charge >= 0.3 is 5.76 Å². The summed E-state index contributed by atoms with van der Waals surface area (Å²) in [4.78, 5) is 19.4. The second-order valence-corrected chi connectivity index (χ2v) is 3.87. The molecule has 0 spiro atoms. The summed E-state index contributed by atoms with van der Waals surface area (Å²) < 4.78 is 5.95. The summed E-state index contributed by atoms with van der Waals surface area (Å²) in [7, 11) is 1.43. The number of hydrogen-bond acceptors (Lipinski definition) is 5. The molecular formula is C12H9N3O3. The molecule has 0 amide bonds. The Morgan fingerprint density at radius 2 is 2.33 bits per heavy atom. The molecule has 1 N–H and O–H groups in total. The second-order valence-electron chi connectivity index (χ2n) is 3.87. The van der Waals surface area contributed by atoms with E-state index >= 15 is 0 Å². The van der Waals surface area contributed by atoms with Crippen LogP contribution in [0, 0.1) is 0 Å². The minimum Gasteiger partial charge on any atom is -0.492 e. The fourth-order valence-corrected chi connectivity index (χ4v) is 1.74. The Kier molecular flexibility index (Phi) is 2.16. The molecule has 3 heterocycles. The zero-order chi connectivity index (χ0) is 12.7. The molecule has 0 atom stereocenters. The minimum atomic E-state index is -0.610. The third-order valence-corrected chi connectivity index (χ3v) is 2.75. The maximum Gasteiger partial charge on any atom is 0.422 e. The summed E-state index contributed by atoms with van der Waals surface area (Å²) in [5.41, 5.74) is 2.38. The lowest BCUT2D eigenvalue weighted by molar-refractivity contribution is 0.427. The van der Waals surface area contributed by atoms with E-state index in [1.54, 1.807) is 30.8 Å². The van der Waals surface area contributed by atoms with E-state index in [4.69, 9.17) is 4.42 Å². The molecule has 0 unspecified atom stereocenters. The molecule has 18 heavy (non-hydrogen) atoms. The van der Waals surface area contributed by atoms with Gasteiger partial charge in [-0.2, -0.15) is 0 Å². The average Bonchev–Trinajstić information content (AvgIpc) is 2.89. The van der Waals surface area contributed by atoms with E-state index in [-0.39, 0.29) is 11.6 Å². The number of rotatable bonds is 1. The van der Waals surface area contributed by atoms with Gasteiger partial charge in [-0.15, -0.1) is 0 Å². The standard InChI is InChI=1S/C12H9N3O3/c1-15-11(16)10(18-12(15)17)4-7-5-14-9-2-3-13-6-8(7)9/h2-6,16H,1H3. The van der Waals surface area contributed by atoms with Crippen molar-refractivity contribution < 1.29 is 9.52 Å². The van der Waals surface area contributed by atoms with Crippen LogP contribution in [-0.2, 0) is 7.05 Å². The normalized spacial score (nSPS) is 15.3. The smallest absolute Gasteiger partial charge is 0.422 e. The first-order valence-electron chi connectivity index (χ1n) is 5.26. The zero-order valence-corrected chi connectivity index (χ0v) is 9.49. The van der Waals surface area contributed by atoms with Gasteiger partial charge in [0.1, 0.15) is 0 Å². The molecule has 1 aliphatic rings. The highest BCUT2D eigenvalue weighted by atomic mass is 16.4.